The van der Waals surface area contributed by atoms with E-state index in [0.717, 1.165) is 19.3 Å². The van der Waals surface area contributed by atoms with Crippen LogP contribution < -0.4 is 5.32 Å². The minimum atomic E-state index is -0.368. The molecular formula is C18H24FNO3. The van der Waals surface area contributed by atoms with Crippen LogP contribution in [-0.4, -0.2) is 30.4 Å². The highest BCUT2D eigenvalue weighted by molar-refractivity contribution is 5.96. The molecule has 0 saturated carbocycles. The van der Waals surface area contributed by atoms with E-state index in [4.69, 9.17) is 4.74 Å². The molecule has 23 heavy (non-hydrogen) atoms. The first kappa shape index (κ1) is 17.6. The second-order valence-electron chi connectivity index (χ2n) is 6.17. The van der Waals surface area contributed by atoms with Crippen molar-refractivity contribution < 1.29 is 18.7 Å². The highest BCUT2D eigenvalue weighted by Gasteiger charge is 2.27. The number of hydrogen-bond acceptors (Lipinski definition) is 3. The van der Waals surface area contributed by atoms with E-state index in [1.807, 2.05) is 6.92 Å². The normalized spacial score (nSPS) is 22.4. The minimum absolute atomic E-state index is 0.00819. The van der Waals surface area contributed by atoms with E-state index >= 15 is 0 Å². The first-order valence-corrected chi connectivity index (χ1v) is 8.20. The third-order valence-electron chi connectivity index (χ3n) is 4.24. The summed E-state index contributed by atoms with van der Waals surface area (Å²) in [7, 11) is 0. The lowest BCUT2D eigenvalue weighted by molar-refractivity contribution is -0.130. The van der Waals surface area contributed by atoms with Gasteiger partial charge in [-0.05, 0) is 50.5 Å². The Bertz CT molecular complexity index is 544. The van der Waals surface area contributed by atoms with Gasteiger partial charge in [0.15, 0.2) is 5.78 Å². The first-order chi connectivity index (χ1) is 11.0. The van der Waals surface area contributed by atoms with Crippen LogP contribution in [0.3, 0.4) is 0 Å². The number of carbonyl (C=O) groups is 2. The molecule has 1 amide bonds. The van der Waals surface area contributed by atoms with Gasteiger partial charge in [0.1, 0.15) is 5.82 Å². The topological polar surface area (TPSA) is 55.4 Å². The number of Topliss-reactive ketones (excluding diaryl/α,β-unsaturated/α-hetero) is 1. The maximum atomic E-state index is 12.9. The molecule has 126 valence electrons. The molecule has 3 unspecified atom stereocenters. The Morgan fingerprint density at radius 1 is 1.35 bits per heavy atom. The second-order valence-corrected chi connectivity index (χ2v) is 6.17. The van der Waals surface area contributed by atoms with Gasteiger partial charge < -0.3 is 10.1 Å². The van der Waals surface area contributed by atoms with Gasteiger partial charge in [0.05, 0.1) is 6.10 Å². The van der Waals surface area contributed by atoms with Gasteiger partial charge in [-0.25, -0.2) is 4.39 Å². The lowest BCUT2D eigenvalue weighted by Crippen LogP contribution is -2.41. The van der Waals surface area contributed by atoms with Gasteiger partial charge in [0.2, 0.25) is 5.91 Å². The molecule has 0 spiro atoms. The van der Waals surface area contributed by atoms with E-state index in [9.17, 15) is 14.0 Å². The van der Waals surface area contributed by atoms with E-state index < -0.39 is 0 Å². The Balaban J connectivity index is 1.83. The summed E-state index contributed by atoms with van der Waals surface area (Å²) in [4.78, 5) is 24.4. The van der Waals surface area contributed by atoms with E-state index in [2.05, 4.69) is 12.2 Å². The predicted molar refractivity (Wildman–Crippen MR) is 85.7 cm³/mol. The van der Waals surface area contributed by atoms with Crippen LogP contribution in [-0.2, 0) is 9.53 Å². The number of amides is 1. The molecule has 0 radical (unpaired) electrons. The van der Waals surface area contributed by atoms with E-state index in [-0.39, 0.29) is 42.0 Å². The summed E-state index contributed by atoms with van der Waals surface area (Å²) < 4.78 is 18.5. The number of rotatable bonds is 6. The van der Waals surface area contributed by atoms with Crippen LogP contribution in [0.15, 0.2) is 24.3 Å². The molecule has 5 heteroatoms. The average molecular weight is 321 g/mol. The zero-order valence-corrected chi connectivity index (χ0v) is 13.7. The average Bonchev–Trinajstić information content (AvgIpc) is 2.55. The molecule has 1 N–H and O–H groups in total. The van der Waals surface area contributed by atoms with Crippen molar-refractivity contribution in [3.05, 3.63) is 35.6 Å². The van der Waals surface area contributed by atoms with Crippen molar-refractivity contribution in [1.29, 1.82) is 0 Å². The lowest BCUT2D eigenvalue weighted by Gasteiger charge is -2.29. The van der Waals surface area contributed by atoms with E-state index in [1.54, 1.807) is 0 Å². The lowest BCUT2D eigenvalue weighted by atomic mass is 9.93. The molecule has 2 rings (SSSR count). The number of ketones is 1. The van der Waals surface area contributed by atoms with Crippen molar-refractivity contribution in [3.8, 4) is 0 Å². The second kappa shape index (κ2) is 8.20. The van der Waals surface area contributed by atoms with Crippen molar-refractivity contribution in [2.75, 3.05) is 6.61 Å². The smallest absolute Gasteiger partial charge is 0.223 e. The zero-order valence-electron chi connectivity index (χ0n) is 13.7. The number of halogens is 1. The Morgan fingerprint density at radius 2 is 2.04 bits per heavy atom. The molecule has 4 nitrogen and oxygen atoms in total. The molecule has 1 saturated heterocycles. The van der Waals surface area contributed by atoms with Gasteiger partial charge in [0.25, 0.3) is 0 Å². The van der Waals surface area contributed by atoms with Crippen LogP contribution in [0.5, 0.6) is 0 Å². The van der Waals surface area contributed by atoms with Crippen LogP contribution in [0.25, 0.3) is 0 Å². The standard InChI is InChI=1S/C18H24FNO3/c1-3-16-11-14(8-9-23-16)18(22)20-12(2)10-17(21)13-4-6-15(19)7-5-13/h4-7,12,14,16H,3,8-11H2,1-2H3,(H,20,22). The quantitative estimate of drug-likeness (QED) is 0.819. The minimum Gasteiger partial charge on any atom is -0.378 e. The fourth-order valence-corrected chi connectivity index (χ4v) is 2.85. The monoisotopic (exact) mass is 321 g/mol. The molecule has 0 aliphatic carbocycles. The van der Waals surface area contributed by atoms with E-state index in [0.29, 0.717) is 12.2 Å². The molecule has 0 aromatic heterocycles. The van der Waals surface area contributed by atoms with Crippen molar-refractivity contribution in [2.45, 2.75) is 51.7 Å². The summed E-state index contributed by atoms with van der Waals surface area (Å²) in [6.07, 6.45) is 2.72. The summed E-state index contributed by atoms with van der Waals surface area (Å²) >= 11 is 0. The van der Waals surface area contributed by atoms with Crippen LogP contribution in [0.1, 0.15) is 49.9 Å². The summed E-state index contributed by atoms with van der Waals surface area (Å²) in [5, 5.41) is 2.92. The van der Waals surface area contributed by atoms with Gasteiger partial charge in [0, 0.05) is 30.6 Å². The van der Waals surface area contributed by atoms with Crippen LogP contribution in [0.4, 0.5) is 4.39 Å². The van der Waals surface area contributed by atoms with Gasteiger partial charge in [-0.2, -0.15) is 0 Å². The molecule has 1 aromatic rings. The van der Waals surface area contributed by atoms with Gasteiger partial charge in [-0.1, -0.05) is 6.92 Å². The molecular weight excluding hydrogens is 297 g/mol. The fourth-order valence-electron chi connectivity index (χ4n) is 2.85. The highest BCUT2D eigenvalue weighted by Crippen LogP contribution is 2.22. The summed E-state index contributed by atoms with van der Waals surface area (Å²) in [6, 6.07) is 5.22. The van der Waals surface area contributed by atoms with Crippen LogP contribution in [0, 0.1) is 11.7 Å². The molecule has 3 atom stereocenters. The number of ether oxygens (including phenoxy) is 1. The van der Waals surface area contributed by atoms with Crippen molar-refractivity contribution >= 4 is 11.7 Å². The van der Waals surface area contributed by atoms with Crippen molar-refractivity contribution in [2.24, 2.45) is 5.92 Å². The van der Waals surface area contributed by atoms with Crippen molar-refractivity contribution in [1.82, 2.24) is 5.32 Å². The third kappa shape index (κ3) is 5.13. The number of nitrogens with one attached hydrogen (secondary N) is 1. The summed E-state index contributed by atoms with van der Waals surface area (Å²) in [5.41, 5.74) is 0.463. The SMILES string of the molecule is CCC1CC(C(=O)NC(C)CC(=O)c2ccc(F)cc2)CCO1. The number of carbonyl (C=O) groups excluding carboxylic acids is 2. The Hall–Kier alpha value is -1.75. The third-order valence-corrected chi connectivity index (χ3v) is 4.24. The largest absolute Gasteiger partial charge is 0.378 e. The molecule has 1 aromatic carbocycles. The van der Waals surface area contributed by atoms with Crippen LogP contribution in [0.2, 0.25) is 0 Å². The molecule has 1 fully saturated rings. The van der Waals surface area contributed by atoms with E-state index in [1.165, 1.54) is 24.3 Å². The molecule has 0 bridgehead atoms. The van der Waals surface area contributed by atoms with Gasteiger partial charge >= 0.3 is 0 Å². The maximum Gasteiger partial charge on any atom is 0.223 e. The Labute approximate surface area is 136 Å². The highest BCUT2D eigenvalue weighted by atomic mass is 19.1. The van der Waals surface area contributed by atoms with Gasteiger partial charge in [-0.15, -0.1) is 0 Å². The number of hydrogen-bond donors (Lipinski definition) is 1. The Morgan fingerprint density at radius 3 is 2.70 bits per heavy atom. The summed E-state index contributed by atoms with van der Waals surface area (Å²) in [6.45, 7) is 4.48. The zero-order chi connectivity index (χ0) is 16.8. The number of benzene rings is 1. The fraction of sp³-hybridized carbons (Fsp3) is 0.556. The predicted octanol–water partition coefficient (Wildman–Crippen LogP) is 3.11. The Kier molecular flexibility index (Phi) is 6.28. The summed E-state index contributed by atoms with van der Waals surface area (Å²) in [5.74, 6) is -0.521. The molecule has 1 aliphatic heterocycles. The molecule has 1 aliphatic rings. The van der Waals surface area contributed by atoms with Crippen LogP contribution >= 0.6 is 0 Å². The molecule has 1 heterocycles. The van der Waals surface area contributed by atoms with Crippen molar-refractivity contribution in [3.63, 3.8) is 0 Å². The first-order valence-electron chi connectivity index (χ1n) is 8.20. The maximum absolute atomic E-state index is 12.9. The van der Waals surface area contributed by atoms with Gasteiger partial charge in [-0.3, -0.25) is 9.59 Å².